The van der Waals surface area contributed by atoms with Crippen LogP contribution in [0, 0.1) is 5.41 Å². The van der Waals surface area contributed by atoms with E-state index in [-0.39, 0.29) is 0 Å². The van der Waals surface area contributed by atoms with Crippen LogP contribution in [-0.2, 0) is 4.79 Å². The number of carbonyl (C=O) groups excluding carboxylic acids is 1. The zero-order valence-electron chi connectivity index (χ0n) is 7.46. The summed E-state index contributed by atoms with van der Waals surface area (Å²) in [6.45, 7) is 5.07. The lowest BCUT2D eigenvalue weighted by Gasteiger charge is -2.21. The van der Waals surface area contributed by atoms with Crippen LogP contribution in [0.15, 0.2) is 0 Å². The fourth-order valence-electron chi connectivity index (χ4n) is 0.660. The molecule has 4 heteroatoms. The summed E-state index contributed by atoms with van der Waals surface area (Å²) in [6, 6.07) is 0. The summed E-state index contributed by atoms with van der Waals surface area (Å²) in [7, 11) is 0. The molecule has 0 bridgehead atoms. The molecule has 0 N–H and O–H groups in total. The minimum atomic E-state index is -4.67. The maximum atomic E-state index is 11.8. The summed E-state index contributed by atoms with van der Waals surface area (Å²) < 4.78 is 35.3. The van der Waals surface area contributed by atoms with Gasteiger partial charge in [0.2, 0.25) is 5.78 Å². The maximum Gasteiger partial charge on any atom is 0.449 e. The highest BCUT2D eigenvalue weighted by molar-refractivity contribution is 5.84. The van der Waals surface area contributed by atoms with Crippen molar-refractivity contribution in [2.45, 2.75) is 39.8 Å². The average molecular weight is 182 g/mol. The highest BCUT2D eigenvalue weighted by Crippen LogP contribution is 2.29. The van der Waals surface area contributed by atoms with E-state index in [9.17, 15) is 18.0 Å². The molecule has 0 saturated carbocycles. The van der Waals surface area contributed by atoms with Gasteiger partial charge in [-0.3, -0.25) is 4.79 Å². The normalized spacial score (nSPS) is 13.2. The van der Waals surface area contributed by atoms with Gasteiger partial charge in [0.15, 0.2) is 0 Å². The van der Waals surface area contributed by atoms with Crippen molar-refractivity contribution in [1.29, 1.82) is 0 Å². The van der Waals surface area contributed by atoms with E-state index in [1.54, 1.807) is 20.8 Å². The lowest BCUT2D eigenvalue weighted by atomic mass is 9.85. The van der Waals surface area contributed by atoms with Crippen LogP contribution in [0.2, 0.25) is 0 Å². The number of rotatable bonds is 3. The Morgan fingerprint density at radius 2 is 1.67 bits per heavy atom. The van der Waals surface area contributed by atoms with E-state index in [1.807, 2.05) is 0 Å². The first-order valence-electron chi connectivity index (χ1n) is 3.79. The summed E-state index contributed by atoms with van der Waals surface area (Å²) in [5.74, 6) is -1.63. The molecular weight excluding hydrogens is 169 g/mol. The van der Waals surface area contributed by atoms with Gasteiger partial charge in [-0.25, -0.2) is 0 Å². The summed E-state index contributed by atoms with van der Waals surface area (Å²) in [6.07, 6.45) is -4.53. The van der Waals surface area contributed by atoms with Gasteiger partial charge in [-0.1, -0.05) is 27.2 Å². The number of hydrogen-bond donors (Lipinski definition) is 0. The molecule has 0 atom stereocenters. The molecule has 12 heavy (non-hydrogen) atoms. The van der Waals surface area contributed by atoms with E-state index in [0.717, 1.165) is 0 Å². The lowest BCUT2D eigenvalue weighted by molar-refractivity contribution is -0.173. The first-order chi connectivity index (χ1) is 5.19. The minimum absolute atomic E-state index is 0.424. The first kappa shape index (κ1) is 11.5. The van der Waals surface area contributed by atoms with Gasteiger partial charge in [0, 0.05) is 6.42 Å². The Morgan fingerprint density at radius 3 is 1.92 bits per heavy atom. The largest absolute Gasteiger partial charge is 0.449 e. The Balaban J connectivity index is 4.20. The van der Waals surface area contributed by atoms with E-state index in [4.69, 9.17) is 0 Å². The smallest absolute Gasteiger partial charge is 0.290 e. The van der Waals surface area contributed by atoms with E-state index in [1.165, 1.54) is 0 Å². The molecule has 0 aliphatic carbocycles. The quantitative estimate of drug-likeness (QED) is 0.655. The van der Waals surface area contributed by atoms with Crippen molar-refractivity contribution in [3.05, 3.63) is 0 Å². The fraction of sp³-hybridized carbons (Fsp3) is 0.875. The standard InChI is InChI=1S/C8H13F3O/c1-4-7(2,3)5-6(12)8(9,10)11/h4-5H2,1-3H3. The maximum absolute atomic E-state index is 11.8. The van der Waals surface area contributed by atoms with Gasteiger partial charge in [-0.05, 0) is 5.41 Å². The van der Waals surface area contributed by atoms with E-state index >= 15 is 0 Å². The third-order valence-electron chi connectivity index (χ3n) is 1.91. The van der Waals surface area contributed by atoms with Gasteiger partial charge in [0.05, 0.1) is 0 Å². The van der Waals surface area contributed by atoms with Crippen LogP contribution < -0.4 is 0 Å². The second kappa shape index (κ2) is 3.46. The predicted octanol–water partition coefficient (Wildman–Crippen LogP) is 2.94. The molecule has 0 aromatic rings. The van der Waals surface area contributed by atoms with Crippen molar-refractivity contribution >= 4 is 5.78 Å². The van der Waals surface area contributed by atoms with Crippen LogP contribution in [0.5, 0.6) is 0 Å². The van der Waals surface area contributed by atoms with E-state index in [0.29, 0.717) is 6.42 Å². The molecule has 0 spiro atoms. The highest BCUT2D eigenvalue weighted by Gasteiger charge is 2.40. The summed E-state index contributed by atoms with van der Waals surface area (Å²) >= 11 is 0. The predicted molar refractivity (Wildman–Crippen MR) is 39.8 cm³/mol. The molecule has 1 nitrogen and oxygen atoms in total. The number of hydrogen-bond acceptors (Lipinski definition) is 1. The minimum Gasteiger partial charge on any atom is -0.290 e. The van der Waals surface area contributed by atoms with Crippen molar-refractivity contribution in [2.24, 2.45) is 5.41 Å². The molecule has 0 amide bonds. The molecule has 0 saturated heterocycles. The highest BCUT2D eigenvalue weighted by atomic mass is 19.4. The van der Waals surface area contributed by atoms with Crippen LogP contribution >= 0.6 is 0 Å². The van der Waals surface area contributed by atoms with Crippen LogP contribution in [0.3, 0.4) is 0 Å². The van der Waals surface area contributed by atoms with Gasteiger partial charge in [-0.15, -0.1) is 0 Å². The van der Waals surface area contributed by atoms with Gasteiger partial charge in [0.25, 0.3) is 0 Å². The SMILES string of the molecule is CCC(C)(C)CC(=O)C(F)(F)F. The van der Waals surface area contributed by atoms with Crippen molar-refractivity contribution in [3.8, 4) is 0 Å². The fourth-order valence-corrected chi connectivity index (χ4v) is 0.660. The number of carbonyl (C=O) groups is 1. The third kappa shape index (κ3) is 3.74. The molecule has 0 radical (unpaired) electrons. The van der Waals surface area contributed by atoms with E-state index < -0.39 is 23.8 Å². The molecule has 0 aliphatic rings. The van der Waals surface area contributed by atoms with Crippen LogP contribution in [0.4, 0.5) is 13.2 Å². The summed E-state index contributed by atoms with van der Waals surface area (Å²) in [5, 5.41) is 0. The van der Waals surface area contributed by atoms with Crippen LogP contribution in [0.1, 0.15) is 33.6 Å². The van der Waals surface area contributed by atoms with Gasteiger partial charge in [-0.2, -0.15) is 13.2 Å². The Bertz CT molecular complexity index is 170. The van der Waals surface area contributed by atoms with Crippen LogP contribution in [-0.4, -0.2) is 12.0 Å². The summed E-state index contributed by atoms with van der Waals surface area (Å²) in [4.78, 5) is 10.5. The topological polar surface area (TPSA) is 17.1 Å². The second-order valence-corrected chi connectivity index (χ2v) is 3.62. The number of alkyl halides is 3. The Hall–Kier alpha value is -0.540. The molecule has 0 unspecified atom stereocenters. The molecule has 0 rings (SSSR count). The number of halogens is 3. The Labute approximate surface area is 70.0 Å². The monoisotopic (exact) mass is 182 g/mol. The van der Waals surface area contributed by atoms with Crippen molar-refractivity contribution in [1.82, 2.24) is 0 Å². The van der Waals surface area contributed by atoms with E-state index in [2.05, 4.69) is 0 Å². The zero-order valence-corrected chi connectivity index (χ0v) is 7.46. The Kier molecular flexibility index (Phi) is 3.30. The lowest BCUT2D eigenvalue weighted by Crippen LogP contribution is -2.28. The molecule has 0 heterocycles. The summed E-state index contributed by atoms with van der Waals surface area (Å²) in [5.41, 5.74) is -0.549. The van der Waals surface area contributed by atoms with Gasteiger partial charge < -0.3 is 0 Å². The molecule has 72 valence electrons. The molecule has 0 aliphatic heterocycles. The number of Topliss-reactive ketones (excluding diaryl/α,β-unsaturated/α-hetero) is 1. The van der Waals surface area contributed by atoms with Gasteiger partial charge in [0.1, 0.15) is 0 Å². The first-order valence-corrected chi connectivity index (χ1v) is 3.79. The zero-order chi connectivity index (χ0) is 9.99. The van der Waals surface area contributed by atoms with Gasteiger partial charge >= 0.3 is 6.18 Å². The van der Waals surface area contributed by atoms with Crippen molar-refractivity contribution in [2.75, 3.05) is 0 Å². The number of ketones is 1. The Morgan fingerprint density at radius 1 is 1.25 bits per heavy atom. The molecule has 0 aromatic carbocycles. The average Bonchev–Trinajstić information content (AvgIpc) is 1.85. The van der Waals surface area contributed by atoms with Crippen LogP contribution in [0.25, 0.3) is 0 Å². The molecule has 0 aromatic heterocycles. The van der Waals surface area contributed by atoms with Crippen molar-refractivity contribution < 1.29 is 18.0 Å². The van der Waals surface area contributed by atoms with Crippen molar-refractivity contribution in [3.63, 3.8) is 0 Å². The second-order valence-electron chi connectivity index (χ2n) is 3.62. The third-order valence-corrected chi connectivity index (χ3v) is 1.91. The molecule has 0 fully saturated rings. The molecular formula is C8H13F3O.